The van der Waals surface area contributed by atoms with Crippen LogP contribution in [-0.2, 0) is 0 Å². The molecular formula is C5H10N6O. The van der Waals surface area contributed by atoms with Gasteiger partial charge in [-0.05, 0) is 5.21 Å². The van der Waals surface area contributed by atoms with Gasteiger partial charge in [0, 0.05) is 20.1 Å². The molecule has 3 N–H and O–H groups in total. The Morgan fingerprint density at radius 1 is 1.75 bits per heavy atom. The molecule has 0 aromatic carbocycles. The molecule has 1 heterocycles. The van der Waals surface area contributed by atoms with Crippen LogP contribution in [0.5, 0.6) is 0 Å². The van der Waals surface area contributed by atoms with Gasteiger partial charge < -0.3 is 10.6 Å². The number of carbonyl (C=O) groups excluding carboxylic acids is 1. The van der Waals surface area contributed by atoms with E-state index in [4.69, 9.17) is 5.73 Å². The second-order valence-electron chi connectivity index (χ2n) is 2.25. The highest BCUT2D eigenvalue weighted by Gasteiger charge is 2.14. The average Bonchev–Trinajstić information content (AvgIpc) is 2.55. The van der Waals surface area contributed by atoms with Gasteiger partial charge in [0.2, 0.25) is 0 Å². The van der Waals surface area contributed by atoms with Crippen molar-refractivity contribution in [1.82, 2.24) is 25.5 Å². The number of rotatable bonds is 3. The minimum atomic E-state index is -0.283. The van der Waals surface area contributed by atoms with Crippen molar-refractivity contribution in [1.29, 1.82) is 0 Å². The molecule has 0 saturated carbocycles. The lowest BCUT2D eigenvalue weighted by Gasteiger charge is -2.12. The number of nitrogens with one attached hydrogen (secondary N) is 1. The Morgan fingerprint density at radius 3 is 3.00 bits per heavy atom. The van der Waals surface area contributed by atoms with Gasteiger partial charge in [0.15, 0.2) is 0 Å². The van der Waals surface area contributed by atoms with Gasteiger partial charge in [-0.1, -0.05) is 0 Å². The second kappa shape index (κ2) is 3.77. The molecule has 0 aliphatic heterocycles. The molecule has 7 heteroatoms. The fraction of sp³-hybridized carbons (Fsp3) is 0.600. The first-order valence-electron chi connectivity index (χ1n) is 3.44. The van der Waals surface area contributed by atoms with Gasteiger partial charge in [-0.25, -0.2) is 0 Å². The van der Waals surface area contributed by atoms with Crippen molar-refractivity contribution in [2.24, 2.45) is 5.73 Å². The first kappa shape index (κ1) is 8.60. The summed E-state index contributed by atoms with van der Waals surface area (Å²) in [6, 6.07) is 0. The van der Waals surface area contributed by atoms with Crippen LogP contribution in [0.1, 0.15) is 10.6 Å². The van der Waals surface area contributed by atoms with Gasteiger partial charge in [-0.2, -0.15) is 5.21 Å². The summed E-state index contributed by atoms with van der Waals surface area (Å²) in [5.41, 5.74) is 5.26. The van der Waals surface area contributed by atoms with Gasteiger partial charge in [-0.3, -0.25) is 4.79 Å². The Kier molecular flexibility index (Phi) is 2.70. The van der Waals surface area contributed by atoms with Gasteiger partial charge in [-0.15, -0.1) is 10.2 Å². The van der Waals surface area contributed by atoms with E-state index in [1.165, 1.54) is 4.90 Å². The Bertz CT molecular complexity index is 244. The zero-order chi connectivity index (χ0) is 8.97. The quantitative estimate of drug-likeness (QED) is 0.559. The molecule has 0 saturated heterocycles. The summed E-state index contributed by atoms with van der Waals surface area (Å²) in [7, 11) is 1.63. The third-order valence-corrected chi connectivity index (χ3v) is 1.35. The summed E-state index contributed by atoms with van der Waals surface area (Å²) < 4.78 is 0. The van der Waals surface area contributed by atoms with Crippen LogP contribution >= 0.6 is 0 Å². The topological polar surface area (TPSA) is 101 Å². The van der Waals surface area contributed by atoms with Crippen LogP contribution in [0.4, 0.5) is 0 Å². The predicted molar refractivity (Wildman–Crippen MR) is 40.2 cm³/mol. The minimum Gasteiger partial charge on any atom is -0.338 e. The number of nitrogens with two attached hydrogens (primary N) is 1. The molecule has 0 unspecified atom stereocenters. The molecule has 66 valence electrons. The van der Waals surface area contributed by atoms with Crippen molar-refractivity contribution in [3.8, 4) is 0 Å². The van der Waals surface area contributed by atoms with E-state index in [0.29, 0.717) is 13.1 Å². The van der Waals surface area contributed by atoms with E-state index >= 15 is 0 Å². The molecule has 1 amide bonds. The average molecular weight is 170 g/mol. The van der Waals surface area contributed by atoms with Crippen molar-refractivity contribution < 1.29 is 4.79 Å². The Balaban J connectivity index is 2.59. The Morgan fingerprint density at radius 2 is 2.50 bits per heavy atom. The van der Waals surface area contributed by atoms with Gasteiger partial charge >= 0.3 is 0 Å². The Labute approximate surface area is 68.9 Å². The first-order chi connectivity index (χ1) is 5.75. The monoisotopic (exact) mass is 170 g/mol. The van der Waals surface area contributed by atoms with Crippen molar-refractivity contribution in [3.63, 3.8) is 0 Å². The maximum absolute atomic E-state index is 11.3. The van der Waals surface area contributed by atoms with Crippen LogP contribution in [-0.4, -0.2) is 51.6 Å². The summed E-state index contributed by atoms with van der Waals surface area (Å²) in [5.74, 6) is -0.222. The predicted octanol–water partition coefficient (Wildman–Crippen LogP) is -1.77. The maximum Gasteiger partial charge on any atom is 0.295 e. The fourth-order valence-corrected chi connectivity index (χ4v) is 0.718. The number of aromatic nitrogens is 4. The molecule has 0 bridgehead atoms. The SMILES string of the molecule is CN(CCN)C(=O)c1nn[nH]n1. The van der Waals surface area contributed by atoms with Crippen LogP contribution in [0.15, 0.2) is 0 Å². The lowest BCUT2D eigenvalue weighted by atomic mass is 10.5. The van der Waals surface area contributed by atoms with Crippen LogP contribution < -0.4 is 5.73 Å². The van der Waals surface area contributed by atoms with E-state index in [0.717, 1.165) is 0 Å². The van der Waals surface area contributed by atoms with Crippen LogP contribution in [0, 0.1) is 0 Å². The molecule has 1 rings (SSSR count). The Hall–Kier alpha value is -1.50. The molecule has 0 fully saturated rings. The zero-order valence-corrected chi connectivity index (χ0v) is 6.69. The summed E-state index contributed by atoms with van der Waals surface area (Å²) >= 11 is 0. The van der Waals surface area contributed by atoms with Crippen LogP contribution in [0.3, 0.4) is 0 Å². The van der Waals surface area contributed by atoms with Crippen molar-refractivity contribution in [3.05, 3.63) is 5.82 Å². The molecule has 1 aromatic heterocycles. The second-order valence-corrected chi connectivity index (χ2v) is 2.25. The number of nitrogens with zero attached hydrogens (tertiary/aromatic N) is 4. The van der Waals surface area contributed by atoms with Crippen LogP contribution in [0.25, 0.3) is 0 Å². The van der Waals surface area contributed by atoms with E-state index in [-0.39, 0.29) is 11.7 Å². The number of likely N-dealkylation sites (N-methyl/N-ethyl adjacent to an activating group) is 1. The largest absolute Gasteiger partial charge is 0.338 e. The number of hydrogen-bond acceptors (Lipinski definition) is 5. The molecule has 0 atom stereocenters. The van der Waals surface area contributed by atoms with Crippen LogP contribution in [0.2, 0.25) is 0 Å². The zero-order valence-electron chi connectivity index (χ0n) is 6.69. The molecule has 0 aliphatic carbocycles. The third kappa shape index (κ3) is 1.76. The maximum atomic E-state index is 11.3. The van der Waals surface area contributed by atoms with E-state index in [1.54, 1.807) is 7.05 Å². The van der Waals surface area contributed by atoms with E-state index in [9.17, 15) is 4.79 Å². The van der Waals surface area contributed by atoms with E-state index in [2.05, 4.69) is 20.6 Å². The lowest BCUT2D eigenvalue weighted by molar-refractivity contribution is 0.0787. The smallest absolute Gasteiger partial charge is 0.295 e. The number of amides is 1. The molecular weight excluding hydrogens is 160 g/mol. The molecule has 0 radical (unpaired) electrons. The first-order valence-corrected chi connectivity index (χ1v) is 3.44. The molecule has 1 aromatic rings. The fourth-order valence-electron chi connectivity index (χ4n) is 0.718. The van der Waals surface area contributed by atoms with Crippen molar-refractivity contribution in [2.45, 2.75) is 0 Å². The van der Waals surface area contributed by atoms with Gasteiger partial charge in [0.25, 0.3) is 11.7 Å². The standard InChI is InChI=1S/C5H10N6O/c1-11(3-2-6)5(12)4-7-9-10-8-4/h2-3,6H2,1H3,(H,7,8,9,10). The number of tetrazole rings is 1. The summed E-state index contributed by atoms with van der Waals surface area (Å²) in [6.45, 7) is 0.896. The van der Waals surface area contributed by atoms with Gasteiger partial charge in [0.1, 0.15) is 0 Å². The summed E-state index contributed by atoms with van der Waals surface area (Å²) in [4.78, 5) is 12.7. The minimum absolute atomic E-state index is 0.0611. The highest BCUT2D eigenvalue weighted by molar-refractivity contribution is 5.89. The highest BCUT2D eigenvalue weighted by atomic mass is 16.2. The van der Waals surface area contributed by atoms with Crippen molar-refractivity contribution >= 4 is 5.91 Å². The van der Waals surface area contributed by atoms with Crippen molar-refractivity contribution in [2.75, 3.05) is 20.1 Å². The summed E-state index contributed by atoms with van der Waals surface area (Å²) in [5, 5.41) is 12.5. The van der Waals surface area contributed by atoms with Gasteiger partial charge in [0.05, 0.1) is 0 Å². The summed E-state index contributed by atoms with van der Waals surface area (Å²) in [6.07, 6.45) is 0. The van der Waals surface area contributed by atoms with E-state index in [1.807, 2.05) is 0 Å². The lowest BCUT2D eigenvalue weighted by Crippen LogP contribution is -2.32. The molecule has 0 aliphatic rings. The molecule has 12 heavy (non-hydrogen) atoms. The molecule has 0 spiro atoms. The third-order valence-electron chi connectivity index (χ3n) is 1.35. The number of carbonyl (C=O) groups is 1. The normalized spacial score (nSPS) is 9.83. The van der Waals surface area contributed by atoms with E-state index < -0.39 is 0 Å². The molecule has 7 nitrogen and oxygen atoms in total. The number of hydrogen-bond donors (Lipinski definition) is 2. The highest BCUT2D eigenvalue weighted by Crippen LogP contribution is 1.91. The number of H-pyrrole nitrogens is 1. The number of aromatic amines is 1.